The molecule has 10 N–H and O–H groups in total. The summed E-state index contributed by atoms with van der Waals surface area (Å²) >= 11 is 0. The van der Waals surface area contributed by atoms with Crippen molar-refractivity contribution in [2.75, 3.05) is 13.1 Å². The van der Waals surface area contributed by atoms with Crippen LogP contribution in [0.3, 0.4) is 0 Å². The van der Waals surface area contributed by atoms with E-state index in [0.717, 1.165) is 16.7 Å². The molecule has 3 aromatic carbocycles. The minimum Gasteiger partial charge on any atom is -0.481 e. The van der Waals surface area contributed by atoms with Crippen LogP contribution in [0.4, 0.5) is 13.2 Å². The summed E-state index contributed by atoms with van der Waals surface area (Å²) in [5.41, 5.74) is 13.8. The molecule has 0 aromatic heterocycles. The van der Waals surface area contributed by atoms with E-state index in [0.29, 0.717) is 32.1 Å². The zero-order chi connectivity index (χ0) is 46.8. The molecule has 0 bridgehead atoms. The Morgan fingerprint density at radius 2 is 1.38 bits per heavy atom. The summed E-state index contributed by atoms with van der Waals surface area (Å²) in [7, 11) is 0. The number of aliphatic carboxylic acids is 2. The van der Waals surface area contributed by atoms with Crippen molar-refractivity contribution in [2.24, 2.45) is 22.4 Å². The van der Waals surface area contributed by atoms with Crippen LogP contribution in [0.2, 0.25) is 0 Å². The van der Waals surface area contributed by atoms with E-state index in [-0.39, 0.29) is 62.1 Å². The Morgan fingerprint density at radius 3 is 1.94 bits per heavy atom. The number of hydrogen-bond donors (Lipinski definition) is 8. The zero-order valence-electron chi connectivity index (χ0n) is 34.8. The molecular weight excluding hydrogens is 842 g/mol. The number of guanidine groups is 1. The number of piperidine rings is 1. The molecule has 0 saturated carbocycles. The summed E-state index contributed by atoms with van der Waals surface area (Å²) in [4.78, 5) is 94.9. The summed E-state index contributed by atoms with van der Waals surface area (Å²) in [6, 6.07) is 23.6. The van der Waals surface area contributed by atoms with E-state index in [4.69, 9.17) is 21.4 Å². The quantitative estimate of drug-likeness (QED) is 0.0489. The van der Waals surface area contributed by atoms with Crippen molar-refractivity contribution in [3.05, 3.63) is 108 Å². The lowest BCUT2D eigenvalue weighted by Gasteiger charge is -2.39. The Kier molecular flexibility index (Phi) is 18.6. The van der Waals surface area contributed by atoms with Gasteiger partial charge < -0.3 is 47.8 Å². The number of hydrogen-bond acceptors (Lipinski definition) is 8. The second-order valence-corrected chi connectivity index (χ2v) is 15.4. The topological polar surface area (TPSA) is 276 Å². The number of nitrogens with one attached hydrogen (secondary N) is 4. The molecule has 344 valence electrons. The minimum absolute atomic E-state index is 0.0411. The number of carboxylic acid groups (broad SMARTS) is 2. The summed E-state index contributed by atoms with van der Waals surface area (Å²) in [5, 5.41) is 27.7. The van der Waals surface area contributed by atoms with Gasteiger partial charge in [0.1, 0.15) is 24.2 Å². The van der Waals surface area contributed by atoms with Crippen molar-refractivity contribution in [3.8, 4) is 0 Å². The third-order valence-corrected chi connectivity index (χ3v) is 10.6. The van der Waals surface area contributed by atoms with Crippen LogP contribution in [-0.4, -0.2) is 112 Å². The smallest absolute Gasteiger partial charge is 0.481 e. The molecule has 2 aliphatic rings. The lowest BCUT2D eigenvalue weighted by molar-refractivity contribution is -0.192. The number of benzene rings is 3. The largest absolute Gasteiger partial charge is 0.490 e. The fraction of sp³-hybridized carbons (Fsp3) is 0.409. The van der Waals surface area contributed by atoms with Crippen molar-refractivity contribution >= 4 is 47.4 Å². The van der Waals surface area contributed by atoms with Gasteiger partial charge in [0.15, 0.2) is 5.96 Å². The van der Waals surface area contributed by atoms with Crippen LogP contribution < -0.4 is 32.7 Å². The first-order valence-electron chi connectivity index (χ1n) is 20.6. The average molecular weight is 895 g/mol. The molecule has 2 saturated heterocycles. The van der Waals surface area contributed by atoms with Crippen molar-refractivity contribution in [1.82, 2.24) is 26.2 Å². The predicted molar refractivity (Wildman–Crippen MR) is 227 cm³/mol. The van der Waals surface area contributed by atoms with Gasteiger partial charge in [0.2, 0.25) is 29.5 Å². The van der Waals surface area contributed by atoms with E-state index in [9.17, 15) is 47.0 Å². The molecule has 5 amide bonds. The van der Waals surface area contributed by atoms with Crippen molar-refractivity contribution in [2.45, 2.75) is 94.2 Å². The Bertz CT molecular complexity index is 2090. The molecule has 0 aliphatic carbocycles. The highest BCUT2D eigenvalue weighted by atomic mass is 19.4. The molecule has 20 heteroatoms. The van der Waals surface area contributed by atoms with Gasteiger partial charge in [-0.05, 0) is 67.6 Å². The van der Waals surface area contributed by atoms with Crippen LogP contribution in [0.25, 0.3) is 0 Å². The number of nitrogens with zero attached hydrogens (tertiary/aromatic N) is 2. The maximum Gasteiger partial charge on any atom is 0.490 e. The summed E-state index contributed by atoms with van der Waals surface area (Å²) in [6.45, 7) is 0.345. The van der Waals surface area contributed by atoms with Crippen LogP contribution in [-0.2, 0) is 52.8 Å². The number of aliphatic imine (C=N–C) groups is 1. The Hall–Kier alpha value is -6.99. The highest BCUT2D eigenvalue weighted by Crippen LogP contribution is 2.39. The number of fused-ring (bicyclic) bond motifs is 1. The first kappa shape index (κ1) is 49.7. The van der Waals surface area contributed by atoms with E-state index in [1.807, 2.05) is 91.0 Å². The van der Waals surface area contributed by atoms with Crippen molar-refractivity contribution in [1.29, 1.82) is 0 Å². The third-order valence-electron chi connectivity index (χ3n) is 10.6. The van der Waals surface area contributed by atoms with Crippen molar-refractivity contribution < 1.29 is 56.9 Å². The second kappa shape index (κ2) is 24.0. The fourth-order valence-electron chi connectivity index (χ4n) is 7.67. The predicted octanol–water partition coefficient (Wildman–Crippen LogP) is 1.83. The number of halogens is 3. The van der Waals surface area contributed by atoms with Gasteiger partial charge in [0.05, 0.1) is 12.8 Å². The number of carbonyl (C=O) groups is 7. The number of carbonyl (C=O) groups excluding carboxylic acids is 5. The van der Waals surface area contributed by atoms with Gasteiger partial charge in [-0.15, -0.1) is 0 Å². The lowest BCUT2D eigenvalue weighted by atomic mass is 9.86. The number of carboxylic acids is 2. The number of rotatable bonds is 19. The SMILES string of the molecule is NC(N)=NCCCC(NC(=O)[C@@H]1CC(Cc2ccccc2)C2CCC(NC(=O)Cc3ccccc3)C(=O)N21)C(=O)N[C@@H](CC(=O)O)C(=O)NCCc1ccccc1.O=C(O)C(F)(F)F. The van der Waals surface area contributed by atoms with Gasteiger partial charge in [0, 0.05) is 19.1 Å². The number of amides is 5. The number of nitrogens with two attached hydrogens (primary N) is 2. The molecule has 2 heterocycles. The van der Waals surface area contributed by atoms with Gasteiger partial charge in [-0.3, -0.25) is 33.8 Å². The normalized spacial score (nSPS) is 18.7. The van der Waals surface area contributed by atoms with E-state index in [1.165, 1.54) is 0 Å². The summed E-state index contributed by atoms with van der Waals surface area (Å²) in [6.07, 6.45) is -2.99. The summed E-state index contributed by atoms with van der Waals surface area (Å²) < 4.78 is 31.7. The molecule has 64 heavy (non-hydrogen) atoms. The Labute approximate surface area is 367 Å². The van der Waals surface area contributed by atoms with Crippen LogP contribution in [0, 0.1) is 5.92 Å². The zero-order valence-corrected chi connectivity index (χ0v) is 34.8. The maximum absolute atomic E-state index is 14.3. The van der Waals surface area contributed by atoms with E-state index >= 15 is 0 Å². The first-order valence-corrected chi connectivity index (χ1v) is 20.6. The summed E-state index contributed by atoms with van der Waals surface area (Å²) in [5.74, 6) is -7.01. The first-order chi connectivity index (χ1) is 30.4. The molecule has 5 rings (SSSR count). The van der Waals surface area contributed by atoms with Gasteiger partial charge >= 0.3 is 18.1 Å². The van der Waals surface area contributed by atoms with E-state index in [2.05, 4.69) is 26.3 Å². The third kappa shape index (κ3) is 15.7. The standard InChI is InChI=1S/C42H52N8O7.C2HF3O2/c43-42(44)46-21-10-17-31(39(55)49-33(26-37(52)53)38(54)45-22-20-27-11-4-1-5-12-27)48-40(56)35-25-30(23-28-13-6-2-7-14-28)34-19-18-32(41(57)50(34)35)47-36(51)24-29-15-8-3-9-16-29;3-2(4,5)1(6)7/h1-9,11-16,30-35H,10,17-26H2,(H,45,54)(H,47,51)(H,48,56)(H,49,55)(H,52,53)(H4,43,44,46);(H,6,7)/t30?,31?,32?,33-,34?,35-;/m0./s1. The van der Waals surface area contributed by atoms with Crippen molar-refractivity contribution in [3.63, 3.8) is 0 Å². The van der Waals surface area contributed by atoms with Gasteiger partial charge in [-0.2, -0.15) is 13.2 Å². The molecule has 2 aliphatic heterocycles. The lowest BCUT2D eigenvalue weighted by Crippen LogP contribution is -2.61. The molecule has 0 radical (unpaired) electrons. The molecule has 0 spiro atoms. The Morgan fingerprint density at radius 1 is 0.797 bits per heavy atom. The molecular formula is C44H53F3N8O9. The highest BCUT2D eigenvalue weighted by molar-refractivity contribution is 5.97. The maximum atomic E-state index is 14.3. The van der Waals surface area contributed by atoms with Crippen LogP contribution in [0.15, 0.2) is 96.0 Å². The van der Waals surface area contributed by atoms with Gasteiger partial charge in [-0.1, -0.05) is 91.0 Å². The average Bonchev–Trinajstić information content (AvgIpc) is 3.62. The molecule has 17 nitrogen and oxygen atoms in total. The molecule has 2 fully saturated rings. The second-order valence-electron chi connectivity index (χ2n) is 15.4. The van der Waals surface area contributed by atoms with Gasteiger partial charge in [0.25, 0.3) is 0 Å². The monoisotopic (exact) mass is 894 g/mol. The van der Waals surface area contributed by atoms with Crippen LogP contribution >= 0.6 is 0 Å². The minimum atomic E-state index is -5.08. The van der Waals surface area contributed by atoms with Gasteiger partial charge in [-0.25, -0.2) is 4.79 Å². The van der Waals surface area contributed by atoms with E-state index < -0.39 is 66.4 Å². The highest BCUT2D eigenvalue weighted by Gasteiger charge is 2.51. The van der Waals surface area contributed by atoms with Crippen LogP contribution in [0.1, 0.15) is 55.2 Å². The number of alkyl halides is 3. The molecule has 3 aromatic rings. The van der Waals surface area contributed by atoms with Crippen LogP contribution in [0.5, 0.6) is 0 Å². The fourth-order valence-corrected chi connectivity index (χ4v) is 7.67. The molecule has 6 atom stereocenters. The molecule has 4 unspecified atom stereocenters. The Balaban J connectivity index is 0.00000118. The van der Waals surface area contributed by atoms with E-state index in [1.54, 1.807) is 4.90 Å².